The van der Waals surface area contributed by atoms with Gasteiger partial charge in [0.25, 0.3) is 5.91 Å². The number of rotatable bonds is 7. The number of hydrogen-bond donors (Lipinski definition) is 1. The zero-order chi connectivity index (χ0) is 19.6. The standard InChI is InChI=1S/C18H19ClF3N3O2/c1-27-13-5-2-4-12(10-13)17(26)23-8-3-9-25-15(11-6-7-11)14(19)16(24-25)18(20,21)22/h2,4-5,10-11H,3,6-9H2,1H3,(H,23,26). The average Bonchev–Trinajstić information content (AvgIpc) is 3.40. The minimum Gasteiger partial charge on any atom is -0.497 e. The number of aromatic nitrogens is 2. The highest BCUT2D eigenvalue weighted by Gasteiger charge is 2.41. The molecule has 1 amide bonds. The molecule has 0 saturated heterocycles. The first-order valence-electron chi connectivity index (χ1n) is 8.57. The van der Waals surface area contributed by atoms with E-state index in [1.54, 1.807) is 24.3 Å². The second-order valence-corrected chi connectivity index (χ2v) is 6.76. The average molecular weight is 402 g/mol. The molecule has 1 heterocycles. The van der Waals surface area contributed by atoms with Crippen LogP contribution in [0.3, 0.4) is 0 Å². The molecule has 0 atom stereocenters. The lowest BCUT2D eigenvalue weighted by atomic mass is 10.2. The van der Waals surface area contributed by atoms with Crippen LogP contribution < -0.4 is 10.1 Å². The molecule has 0 radical (unpaired) electrons. The summed E-state index contributed by atoms with van der Waals surface area (Å²) in [5, 5.41) is 6.12. The zero-order valence-electron chi connectivity index (χ0n) is 14.6. The number of benzene rings is 1. The summed E-state index contributed by atoms with van der Waals surface area (Å²) >= 11 is 5.94. The minimum absolute atomic E-state index is 0.0347. The number of hydrogen-bond acceptors (Lipinski definition) is 3. The van der Waals surface area contributed by atoms with Gasteiger partial charge in [-0.3, -0.25) is 9.48 Å². The Bertz CT molecular complexity index is 832. The molecule has 9 heteroatoms. The van der Waals surface area contributed by atoms with E-state index in [-0.39, 0.29) is 23.4 Å². The molecule has 1 fully saturated rings. The molecule has 3 rings (SSSR count). The molecule has 0 aliphatic heterocycles. The number of alkyl halides is 3. The lowest BCUT2D eigenvalue weighted by molar-refractivity contribution is -0.141. The minimum atomic E-state index is -4.58. The van der Waals surface area contributed by atoms with Gasteiger partial charge in [0, 0.05) is 24.6 Å². The van der Waals surface area contributed by atoms with Crippen LogP contribution in [0.2, 0.25) is 5.02 Å². The largest absolute Gasteiger partial charge is 0.497 e. The van der Waals surface area contributed by atoms with Gasteiger partial charge in [0.15, 0.2) is 5.69 Å². The summed E-state index contributed by atoms with van der Waals surface area (Å²) in [7, 11) is 1.51. The Balaban J connectivity index is 1.60. The van der Waals surface area contributed by atoms with Crippen LogP contribution in [0.25, 0.3) is 0 Å². The van der Waals surface area contributed by atoms with Crippen LogP contribution in [0.1, 0.15) is 46.9 Å². The van der Waals surface area contributed by atoms with E-state index < -0.39 is 11.9 Å². The molecule has 146 valence electrons. The second-order valence-electron chi connectivity index (χ2n) is 6.38. The van der Waals surface area contributed by atoms with Gasteiger partial charge >= 0.3 is 6.18 Å². The number of aryl methyl sites for hydroxylation is 1. The maximum Gasteiger partial charge on any atom is 0.436 e. The topological polar surface area (TPSA) is 56.1 Å². The first kappa shape index (κ1) is 19.5. The summed E-state index contributed by atoms with van der Waals surface area (Å²) in [4.78, 5) is 12.1. The molecule has 2 aromatic rings. The Kier molecular flexibility index (Phi) is 5.64. The van der Waals surface area contributed by atoms with Gasteiger partial charge in [0.1, 0.15) is 5.75 Å². The Morgan fingerprint density at radius 1 is 1.41 bits per heavy atom. The van der Waals surface area contributed by atoms with Crippen LogP contribution >= 0.6 is 11.6 Å². The molecule has 5 nitrogen and oxygen atoms in total. The zero-order valence-corrected chi connectivity index (χ0v) is 15.4. The third-order valence-electron chi connectivity index (χ3n) is 4.33. The van der Waals surface area contributed by atoms with E-state index >= 15 is 0 Å². The van der Waals surface area contributed by atoms with Crippen LogP contribution in [-0.4, -0.2) is 29.3 Å². The van der Waals surface area contributed by atoms with Crippen molar-refractivity contribution in [2.45, 2.75) is 37.9 Å². The molecule has 1 aromatic carbocycles. The molecule has 1 aliphatic rings. The fraction of sp³-hybridized carbons (Fsp3) is 0.444. The molecule has 1 aliphatic carbocycles. The van der Waals surface area contributed by atoms with Crippen LogP contribution in [0.5, 0.6) is 5.75 Å². The number of carbonyl (C=O) groups excluding carboxylic acids is 1. The number of nitrogens with one attached hydrogen (secondary N) is 1. The van der Waals surface area contributed by atoms with Gasteiger partial charge in [-0.1, -0.05) is 17.7 Å². The van der Waals surface area contributed by atoms with Gasteiger partial charge in [0.05, 0.1) is 17.8 Å². The number of carbonyl (C=O) groups is 1. The maximum atomic E-state index is 13.0. The number of methoxy groups -OCH3 is 1. The van der Waals surface area contributed by atoms with Crippen molar-refractivity contribution in [3.05, 3.63) is 46.2 Å². The molecule has 27 heavy (non-hydrogen) atoms. The van der Waals surface area contributed by atoms with Crippen molar-refractivity contribution in [3.8, 4) is 5.75 Å². The number of ether oxygens (including phenoxy) is 1. The third-order valence-corrected chi connectivity index (χ3v) is 4.70. The van der Waals surface area contributed by atoms with Gasteiger partial charge in [-0.2, -0.15) is 18.3 Å². The first-order valence-corrected chi connectivity index (χ1v) is 8.94. The van der Waals surface area contributed by atoms with Crippen molar-refractivity contribution in [3.63, 3.8) is 0 Å². The summed E-state index contributed by atoms with van der Waals surface area (Å²) in [6.45, 7) is 0.555. The van der Waals surface area contributed by atoms with E-state index in [2.05, 4.69) is 10.4 Å². The third kappa shape index (κ3) is 4.55. The van der Waals surface area contributed by atoms with Crippen molar-refractivity contribution in [2.75, 3.05) is 13.7 Å². The molecular formula is C18H19ClF3N3O2. The van der Waals surface area contributed by atoms with Gasteiger partial charge in [-0.05, 0) is 37.5 Å². The van der Waals surface area contributed by atoms with Crippen molar-refractivity contribution in [1.29, 1.82) is 0 Å². The summed E-state index contributed by atoms with van der Waals surface area (Å²) < 4.78 is 45.5. The highest BCUT2D eigenvalue weighted by molar-refractivity contribution is 6.32. The number of nitrogens with zero attached hydrogens (tertiary/aromatic N) is 2. The molecule has 1 aromatic heterocycles. The van der Waals surface area contributed by atoms with Crippen LogP contribution in [0, 0.1) is 0 Å². The molecule has 0 spiro atoms. The molecule has 0 unspecified atom stereocenters. The molecule has 0 bridgehead atoms. The normalized spacial score (nSPS) is 14.3. The number of halogens is 4. The van der Waals surface area contributed by atoms with Crippen LogP contribution in [0.15, 0.2) is 24.3 Å². The summed E-state index contributed by atoms with van der Waals surface area (Å²) in [5.74, 6) is 0.334. The number of amides is 1. The molecular weight excluding hydrogens is 383 g/mol. The SMILES string of the molecule is COc1cccc(C(=O)NCCCn2nc(C(F)(F)F)c(Cl)c2C2CC2)c1. The Morgan fingerprint density at radius 2 is 2.15 bits per heavy atom. The van der Waals surface area contributed by atoms with E-state index in [1.807, 2.05) is 0 Å². The summed E-state index contributed by atoms with van der Waals surface area (Å²) in [6, 6.07) is 6.71. The quantitative estimate of drug-likeness (QED) is 0.705. The van der Waals surface area contributed by atoms with E-state index in [0.29, 0.717) is 30.0 Å². The Morgan fingerprint density at radius 3 is 2.78 bits per heavy atom. The molecule has 1 saturated carbocycles. The van der Waals surface area contributed by atoms with E-state index in [4.69, 9.17) is 16.3 Å². The van der Waals surface area contributed by atoms with Crippen molar-refractivity contribution in [2.24, 2.45) is 0 Å². The Labute approximate surface area is 159 Å². The lowest BCUT2D eigenvalue weighted by Gasteiger charge is -2.09. The van der Waals surface area contributed by atoms with Crippen molar-refractivity contribution in [1.82, 2.24) is 15.1 Å². The van der Waals surface area contributed by atoms with Gasteiger partial charge in [0.2, 0.25) is 0 Å². The summed E-state index contributed by atoms with van der Waals surface area (Å²) in [5.41, 5.74) is -0.135. The van der Waals surface area contributed by atoms with Crippen LogP contribution in [-0.2, 0) is 12.7 Å². The van der Waals surface area contributed by atoms with Gasteiger partial charge < -0.3 is 10.1 Å². The summed E-state index contributed by atoms with van der Waals surface area (Å²) in [6.07, 6.45) is -2.51. The first-order chi connectivity index (χ1) is 12.8. The smallest absolute Gasteiger partial charge is 0.436 e. The van der Waals surface area contributed by atoms with Crippen molar-refractivity contribution >= 4 is 17.5 Å². The predicted molar refractivity (Wildman–Crippen MR) is 94.2 cm³/mol. The second kappa shape index (κ2) is 7.80. The fourth-order valence-corrected chi connectivity index (χ4v) is 3.25. The van der Waals surface area contributed by atoms with Gasteiger partial charge in [-0.15, -0.1) is 0 Å². The predicted octanol–water partition coefficient (Wildman–Crippen LogP) is 4.26. The van der Waals surface area contributed by atoms with Crippen molar-refractivity contribution < 1.29 is 22.7 Å². The van der Waals surface area contributed by atoms with Crippen LogP contribution in [0.4, 0.5) is 13.2 Å². The fourth-order valence-electron chi connectivity index (χ4n) is 2.85. The maximum absolute atomic E-state index is 13.0. The molecule has 1 N–H and O–H groups in total. The van der Waals surface area contributed by atoms with E-state index in [1.165, 1.54) is 11.8 Å². The van der Waals surface area contributed by atoms with E-state index in [9.17, 15) is 18.0 Å². The van der Waals surface area contributed by atoms with E-state index in [0.717, 1.165) is 12.8 Å². The lowest BCUT2D eigenvalue weighted by Crippen LogP contribution is -2.25. The van der Waals surface area contributed by atoms with Gasteiger partial charge in [-0.25, -0.2) is 0 Å². The highest BCUT2D eigenvalue weighted by atomic mass is 35.5. The Hall–Kier alpha value is -2.22. The monoisotopic (exact) mass is 401 g/mol. The highest BCUT2D eigenvalue weighted by Crippen LogP contribution is 2.46.